The molecule has 1 N–H and O–H groups in total. The van der Waals surface area contributed by atoms with E-state index in [2.05, 4.69) is 69.9 Å². The molecule has 1 nitrogen and oxygen atoms in total. The number of phenols is 1. The SMILES string of the molecule is CC1=[C-]CC=C1.Cc1cc(O)cc([Si](C)(C)C(C)(C)C)c1.[CH2]=[Ti+]. The van der Waals surface area contributed by atoms with Crippen molar-refractivity contribution in [1.29, 1.82) is 0 Å². The van der Waals surface area contributed by atoms with E-state index in [4.69, 9.17) is 0 Å². The molecule has 2 rings (SSSR count). The van der Waals surface area contributed by atoms with Gasteiger partial charge >= 0.3 is 24.8 Å². The van der Waals surface area contributed by atoms with Crippen LogP contribution in [0.4, 0.5) is 0 Å². The first kappa shape index (κ1) is 22.3. The van der Waals surface area contributed by atoms with Crippen LogP contribution in [0.1, 0.15) is 39.7 Å². The van der Waals surface area contributed by atoms with Gasteiger partial charge < -0.3 is 5.11 Å². The van der Waals surface area contributed by atoms with Gasteiger partial charge in [0.1, 0.15) is 5.75 Å². The van der Waals surface area contributed by atoms with E-state index in [1.807, 2.05) is 19.1 Å². The second kappa shape index (κ2) is 9.56. The van der Waals surface area contributed by atoms with Gasteiger partial charge in [-0.2, -0.15) is 6.08 Å². The van der Waals surface area contributed by atoms with Crippen LogP contribution in [-0.4, -0.2) is 18.0 Å². The molecule has 0 aliphatic heterocycles. The van der Waals surface area contributed by atoms with Crippen LogP contribution >= 0.6 is 0 Å². The Balaban J connectivity index is 0.000000501. The molecule has 125 valence electrons. The second-order valence-corrected chi connectivity index (χ2v) is 12.7. The molecule has 1 aromatic carbocycles. The topological polar surface area (TPSA) is 20.2 Å². The predicted molar refractivity (Wildman–Crippen MR) is 103 cm³/mol. The molecule has 23 heavy (non-hydrogen) atoms. The number of aromatic hydroxyl groups is 1. The van der Waals surface area contributed by atoms with Gasteiger partial charge in [0.05, 0.1) is 8.07 Å². The van der Waals surface area contributed by atoms with E-state index in [0.717, 1.165) is 12.0 Å². The summed E-state index contributed by atoms with van der Waals surface area (Å²) < 4.78 is 0. The van der Waals surface area contributed by atoms with E-state index >= 15 is 0 Å². The molecule has 0 saturated carbocycles. The van der Waals surface area contributed by atoms with E-state index in [1.54, 1.807) is 20.0 Å². The van der Waals surface area contributed by atoms with Gasteiger partial charge in [0.2, 0.25) is 0 Å². The Labute approximate surface area is 155 Å². The molecule has 0 bridgehead atoms. The van der Waals surface area contributed by atoms with Crippen molar-refractivity contribution >= 4 is 18.1 Å². The van der Waals surface area contributed by atoms with Gasteiger partial charge in [0.25, 0.3) is 0 Å². The molecule has 3 heteroatoms. The first-order valence-corrected chi connectivity index (χ1v) is 12.0. The Morgan fingerprint density at radius 1 is 1.13 bits per heavy atom. The minimum atomic E-state index is -1.50. The molecule has 0 unspecified atom stereocenters. The third-order valence-electron chi connectivity index (χ3n) is 4.53. The third-order valence-corrected chi connectivity index (χ3v) is 10.0. The van der Waals surface area contributed by atoms with Crippen LogP contribution in [-0.2, 0) is 20.0 Å². The summed E-state index contributed by atoms with van der Waals surface area (Å²) in [7, 11) is -1.50. The Morgan fingerprint density at radius 3 is 2.00 bits per heavy atom. The maximum atomic E-state index is 9.65. The van der Waals surface area contributed by atoms with Crippen LogP contribution in [0.3, 0.4) is 0 Å². The second-order valence-electron chi connectivity index (χ2n) is 7.40. The molecular weight excluding hydrogens is 332 g/mol. The molecule has 0 amide bonds. The Bertz CT molecular complexity index is 542. The molecular formula is C20H31OSiTi. The number of phenolic OH excluding ortho intramolecular Hbond substituents is 1. The van der Waals surface area contributed by atoms with Crippen LogP contribution in [0.2, 0.25) is 18.1 Å². The summed E-state index contributed by atoms with van der Waals surface area (Å²) in [5.41, 5.74) is 2.42. The maximum absolute atomic E-state index is 9.65. The van der Waals surface area contributed by atoms with E-state index in [0.29, 0.717) is 10.8 Å². The molecule has 1 aromatic rings. The monoisotopic (exact) mass is 363 g/mol. The number of hydrogen-bond acceptors (Lipinski definition) is 1. The molecule has 1 aliphatic carbocycles. The fourth-order valence-electron chi connectivity index (χ4n) is 2.07. The van der Waals surface area contributed by atoms with E-state index in [1.165, 1.54) is 10.8 Å². The van der Waals surface area contributed by atoms with Crippen molar-refractivity contribution in [2.24, 2.45) is 0 Å². The van der Waals surface area contributed by atoms with Crippen LogP contribution in [0, 0.1) is 13.0 Å². The van der Waals surface area contributed by atoms with Gasteiger partial charge in [-0.15, -0.1) is 6.42 Å². The number of allylic oxidation sites excluding steroid dienone is 4. The zero-order valence-electron chi connectivity index (χ0n) is 15.7. The molecule has 0 saturated heterocycles. The Kier molecular flexibility index (Phi) is 9.27. The van der Waals surface area contributed by atoms with Crippen LogP contribution in [0.15, 0.2) is 35.9 Å². The van der Waals surface area contributed by atoms with Gasteiger partial charge in [-0.1, -0.05) is 52.0 Å². The summed E-state index contributed by atoms with van der Waals surface area (Å²) >= 11 is 1.75. The fraction of sp³-hybridized carbons (Fsp3) is 0.450. The van der Waals surface area contributed by atoms with Crippen molar-refractivity contribution in [3.63, 3.8) is 0 Å². The molecule has 0 fully saturated rings. The molecule has 0 radical (unpaired) electrons. The molecule has 0 atom stereocenters. The molecule has 0 aromatic heterocycles. The Hall–Kier alpha value is -0.699. The summed E-state index contributed by atoms with van der Waals surface area (Å²) in [4.78, 5) is 3.25. The van der Waals surface area contributed by atoms with Gasteiger partial charge in [0, 0.05) is 0 Å². The normalized spacial score (nSPS) is 13.5. The average Bonchev–Trinajstić information content (AvgIpc) is 2.90. The fourth-order valence-corrected chi connectivity index (χ4v) is 4.03. The zero-order chi connectivity index (χ0) is 18.3. The standard InChI is InChI=1S/C13H22OSi.C6H7.CH2.Ti/c1-10-7-11(14)9-12(8-10)15(5,6)13(2,3)4;1-6-4-2-3-5-6;;/h7-9,14H,1-6H3;2,4H,3H2,1H3;1H2;/q;-1;;+1. The van der Waals surface area contributed by atoms with Crippen molar-refractivity contribution in [3.05, 3.63) is 47.6 Å². The summed E-state index contributed by atoms with van der Waals surface area (Å²) in [6.07, 6.45) is 8.33. The zero-order valence-corrected chi connectivity index (χ0v) is 18.3. The molecule has 0 spiro atoms. The van der Waals surface area contributed by atoms with Crippen molar-refractivity contribution < 1.29 is 25.1 Å². The quantitative estimate of drug-likeness (QED) is 0.545. The summed E-state index contributed by atoms with van der Waals surface area (Å²) in [6.45, 7) is 15.7. The van der Waals surface area contributed by atoms with Crippen LogP contribution < -0.4 is 5.19 Å². The first-order valence-electron chi connectivity index (χ1n) is 7.94. The van der Waals surface area contributed by atoms with Gasteiger partial charge in [-0.05, 0) is 29.7 Å². The average molecular weight is 363 g/mol. The van der Waals surface area contributed by atoms with Gasteiger partial charge in [-0.3, -0.25) is 6.08 Å². The van der Waals surface area contributed by atoms with Crippen molar-refractivity contribution in [2.45, 2.75) is 59.2 Å². The summed E-state index contributed by atoms with van der Waals surface area (Å²) in [6, 6.07) is 5.97. The first-order chi connectivity index (χ1) is 10.5. The van der Waals surface area contributed by atoms with Crippen molar-refractivity contribution in [2.75, 3.05) is 0 Å². The number of rotatable bonds is 1. The summed E-state index contributed by atoms with van der Waals surface area (Å²) in [5.74, 6) is 0.398. The molecule has 1 aliphatic rings. The van der Waals surface area contributed by atoms with Crippen LogP contribution in [0.5, 0.6) is 5.75 Å². The van der Waals surface area contributed by atoms with E-state index in [-0.39, 0.29) is 0 Å². The van der Waals surface area contributed by atoms with E-state index < -0.39 is 8.07 Å². The van der Waals surface area contributed by atoms with Crippen molar-refractivity contribution in [1.82, 2.24) is 0 Å². The summed E-state index contributed by atoms with van der Waals surface area (Å²) in [5, 5.41) is 11.3. The third kappa shape index (κ3) is 7.16. The number of benzene rings is 1. The van der Waals surface area contributed by atoms with Gasteiger partial charge in [-0.25, -0.2) is 11.6 Å². The van der Waals surface area contributed by atoms with Crippen LogP contribution in [0.25, 0.3) is 0 Å². The van der Waals surface area contributed by atoms with Gasteiger partial charge in [0.15, 0.2) is 0 Å². The van der Waals surface area contributed by atoms with E-state index in [9.17, 15) is 5.11 Å². The predicted octanol–water partition coefficient (Wildman–Crippen LogP) is 5.08. The Morgan fingerprint density at radius 2 is 1.70 bits per heavy atom. The van der Waals surface area contributed by atoms with Crippen molar-refractivity contribution in [3.8, 4) is 5.75 Å². The minimum absolute atomic E-state index is 0.313. The molecule has 0 heterocycles. The number of aryl methyl sites for hydroxylation is 1. The number of hydrogen-bond donors (Lipinski definition) is 1.